The second kappa shape index (κ2) is 7.45. The molecule has 1 N–H and O–H groups in total. The Morgan fingerprint density at radius 3 is 2.37 bits per heavy atom. The zero-order valence-corrected chi connectivity index (χ0v) is 15.9. The fourth-order valence-corrected chi connectivity index (χ4v) is 3.85. The smallest absolute Gasteiger partial charge is 0.258 e. The molecule has 0 spiro atoms. The van der Waals surface area contributed by atoms with E-state index in [2.05, 4.69) is 30.4 Å². The maximum atomic E-state index is 13.2. The van der Waals surface area contributed by atoms with Crippen LogP contribution >= 0.6 is 11.6 Å². The first kappa shape index (κ1) is 17.6. The van der Waals surface area contributed by atoms with E-state index in [1.807, 2.05) is 41.3 Å². The van der Waals surface area contributed by atoms with Crippen molar-refractivity contribution in [2.75, 3.05) is 10.2 Å². The number of nitrogens with zero attached hydrogens (tertiary/aromatic N) is 1. The van der Waals surface area contributed by atoms with E-state index in [-0.39, 0.29) is 18.0 Å². The van der Waals surface area contributed by atoms with E-state index in [4.69, 9.17) is 11.6 Å². The van der Waals surface area contributed by atoms with Crippen LogP contribution in [0.5, 0.6) is 0 Å². The number of halogens is 1. The number of carbonyl (C=O) groups excluding carboxylic acids is 1. The topological polar surface area (TPSA) is 32.3 Å². The van der Waals surface area contributed by atoms with Crippen LogP contribution in [0.1, 0.15) is 35.3 Å². The Morgan fingerprint density at radius 2 is 1.63 bits per heavy atom. The van der Waals surface area contributed by atoms with E-state index in [1.165, 1.54) is 0 Å². The highest BCUT2D eigenvalue weighted by molar-refractivity contribution is 6.30. The lowest BCUT2D eigenvalue weighted by molar-refractivity contribution is 0.0974. The number of hydrogen-bond donors (Lipinski definition) is 1. The molecule has 136 valence electrons. The van der Waals surface area contributed by atoms with Gasteiger partial charge in [-0.15, -0.1) is 0 Å². The highest BCUT2D eigenvalue weighted by Gasteiger charge is 2.34. The van der Waals surface area contributed by atoms with Crippen molar-refractivity contribution >= 4 is 28.9 Å². The molecule has 0 aromatic heterocycles. The Bertz CT molecular complexity index is 940. The molecule has 1 heterocycles. The van der Waals surface area contributed by atoms with Crippen molar-refractivity contribution in [2.45, 2.75) is 25.4 Å². The molecule has 0 saturated heterocycles. The number of para-hydroxylation sites is 2. The van der Waals surface area contributed by atoms with Crippen LogP contribution in [0.4, 0.5) is 11.4 Å². The van der Waals surface area contributed by atoms with Gasteiger partial charge < -0.3 is 10.2 Å². The van der Waals surface area contributed by atoms with E-state index in [0.717, 1.165) is 23.4 Å². The molecule has 27 heavy (non-hydrogen) atoms. The van der Waals surface area contributed by atoms with Crippen LogP contribution in [0.15, 0.2) is 78.9 Å². The SMILES string of the molecule is C[C@H]1CC(Nc2ccccc2)c2ccccc2N1C(=O)c1ccc(Cl)cc1. The molecule has 1 amide bonds. The van der Waals surface area contributed by atoms with E-state index < -0.39 is 0 Å². The number of anilines is 2. The Labute approximate surface area is 164 Å². The molecule has 3 aromatic carbocycles. The summed E-state index contributed by atoms with van der Waals surface area (Å²) in [6, 6.07) is 25.7. The molecule has 3 nitrogen and oxygen atoms in total. The van der Waals surface area contributed by atoms with Crippen LogP contribution in [-0.2, 0) is 0 Å². The average Bonchev–Trinajstić information content (AvgIpc) is 2.69. The zero-order valence-electron chi connectivity index (χ0n) is 15.1. The molecule has 0 saturated carbocycles. The third-order valence-electron chi connectivity index (χ3n) is 5.01. The predicted molar refractivity (Wildman–Crippen MR) is 112 cm³/mol. The first-order valence-corrected chi connectivity index (χ1v) is 9.51. The predicted octanol–water partition coefficient (Wildman–Crippen LogP) is 5.93. The van der Waals surface area contributed by atoms with Gasteiger partial charge >= 0.3 is 0 Å². The molecule has 1 aliphatic rings. The van der Waals surface area contributed by atoms with Crippen LogP contribution in [0.2, 0.25) is 5.02 Å². The molecule has 3 aromatic rings. The van der Waals surface area contributed by atoms with Crippen LogP contribution in [0.25, 0.3) is 0 Å². The number of nitrogens with one attached hydrogen (secondary N) is 1. The monoisotopic (exact) mass is 376 g/mol. The van der Waals surface area contributed by atoms with Crippen molar-refractivity contribution in [3.05, 3.63) is 95.0 Å². The van der Waals surface area contributed by atoms with Gasteiger partial charge in [0.15, 0.2) is 0 Å². The fourth-order valence-electron chi connectivity index (χ4n) is 3.73. The van der Waals surface area contributed by atoms with Crippen molar-refractivity contribution in [2.24, 2.45) is 0 Å². The number of rotatable bonds is 3. The molecule has 0 radical (unpaired) electrons. The van der Waals surface area contributed by atoms with Gasteiger partial charge in [-0.05, 0) is 61.4 Å². The Morgan fingerprint density at radius 1 is 0.963 bits per heavy atom. The van der Waals surface area contributed by atoms with E-state index in [0.29, 0.717) is 10.6 Å². The van der Waals surface area contributed by atoms with Gasteiger partial charge in [0.2, 0.25) is 0 Å². The summed E-state index contributed by atoms with van der Waals surface area (Å²) >= 11 is 5.97. The fraction of sp³-hybridized carbons (Fsp3) is 0.174. The molecule has 2 atom stereocenters. The first-order chi connectivity index (χ1) is 13.1. The molecular formula is C23H21ClN2O. The summed E-state index contributed by atoms with van der Waals surface area (Å²) in [7, 11) is 0. The lowest BCUT2D eigenvalue weighted by Gasteiger charge is -2.40. The second-order valence-electron chi connectivity index (χ2n) is 6.89. The highest BCUT2D eigenvalue weighted by atomic mass is 35.5. The highest BCUT2D eigenvalue weighted by Crippen LogP contribution is 2.39. The van der Waals surface area contributed by atoms with Gasteiger partial charge in [-0.2, -0.15) is 0 Å². The van der Waals surface area contributed by atoms with Gasteiger partial charge in [-0.25, -0.2) is 0 Å². The third-order valence-corrected chi connectivity index (χ3v) is 5.27. The van der Waals surface area contributed by atoms with Crippen LogP contribution in [0.3, 0.4) is 0 Å². The Hall–Kier alpha value is -2.78. The Kier molecular flexibility index (Phi) is 4.87. The average molecular weight is 377 g/mol. The number of benzene rings is 3. The van der Waals surface area contributed by atoms with Gasteiger partial charge in [-0.3, -0.25) is 4.79 Å². The standard InChI is InChI=1S/C23H21ClN2O/c1-16-15-21(25-19-7-3-2-4-8-19)20-9-5-6-10-22(20)26(16)23(27)17-11-13-18(24)14-12-17/h2-14,16,21,25H,15H2,1H3/t16-,21?/m0/s1. The minimum absolute atomic E-state index is 0.00442. The molecule has 4 heteroatoms. The number of fused-ring (bicyclic) bond motifs is 1. The molecule has 1 unspecified atom stereocenters. The third kappa shape index (κ3) is 3.56. The van der Waals surface area contributed by atoms with Crippen molar-refractivity contribution in [3.63, 3.8) is 0 Å². The quantitative estimate of drug-likeness (QED) is 0.614. The summed E-state index contributed by atoms with van der Waals surface area (Å²) in [5, 5.41) is 4.25. The van der Waals surface area contributed by atoms with Gasteiger partial charge in [0, 0.05) is 28.0 Å². The van der Waals surface area contributed by atoms with Crippen molar-refractivity contribution in [1.82, 2.24) is 0 Å². The van der Waals surface area contributed by atoms with E-state index in [9.17, 15) is 4.79 Å². The molecule has 0 bridgehead atoms. The lowest BCUT2D eigenvalue weighted by atomic mass is 9.90. The molecule has 4 rings (SSSR count). The maximum absolute atomic E-state index is 13.2. The zero-order chi connectivity index (χ0) is 18.8. The minimum atomic E-state index is 0.00442. The summed E-state index contributed by atoms with van der Waals surface area (Å²) in [4.78, 5) is 15.1. The number of amides is 1. The van der Waals surface area contributed by atoms with Crippen molar-refractivity contribution < 1.29 is 4.79 Å². The first-order valence-electron chi connectivity index (χ1n) is 9.13. The molecular weight excluding hydrogens is 356 g/mol. The largest absolute Gasteiger partial charge is 0.378 e. The summed E-state index contributed by atoms with van der Waals surface area (Å²) in [6.45, 7) is 2.10. The number of hydrogen-bond acceptors (Lipinski definition) is 2. The summed E-state index contributed by atoms with van der Waals surface area (Å²) in [5.41, 5.74) is 3.84. The van der Waals surface area contributed by atoms with E-state index >= 15 is 0 Å². The molecule has 0 fully saturated rings. The molecule has 1 aliphatic heterocycles. The summed E-state index contributed by atoms with van der Waals surface area (Å²) in [5.74, 6) is 0.00442. The van der Waals surface area contributed by atoms with Gasteiger partial charge in [-0.1, -0.05) is 48.0 Å². The van der Waals surface area contributed by atoms with Gasteiger partial charge in [0.05, 0.1) is 6.04 Å². The lowest BCUT2D eigenvalue weighted by Crippen LogP contribution is -2.44. The van der Waals surface area contributed by atoms with Crippen LogP contribution in [0, 0.1) is 0 Å². The van der Waals surface area contributed by atoms with Gasteiger partial charge in [0.25, 0.3) is 5.91 Å². The minimum Gasteiger partial charge on any atom is -0.378 e. The number of carbonyl (C=O) groups is 1. The summed E-state index contributed by atoms with van der Waals surface area (Å²) < 4.78 is 0. The maximum Gasteiger partial charge on any atom is 0.258 e. The van der Waals surface area contributed by atoms with Crippen molar-refractivity contribution in [3.8, 4) is 0 Å². The van der Waals surface area contributed by atoms with E-state index in [1.54, 1.807) is 24.3 Å². The Balaban J connectivity index is 1.68. The van der Waals surface area contributed by atoms with Gasteiger partial charge in [0.1, 0.15) is 0 Å². The summed E-state index contributed by atoms with van der Waals surface area (Å²) in [6.07, 6.45) is 0.839. The van der Waals surface area contributed by atoms with Crippen LogP contribution < -0.4 is 10.2 Å². The van der Waals surface area contributed by atoms with Crippen molar-refractivity contribution in [1.29, 1.82) is 0 Å². The van der Waals surface area contributed by atoms with Crippen LogP contribution in [-0.4, -0.2) is 11.9 Å². The second-order valence-corrected chi connectivity index (χ2v) is 7.32. The molecule has 0 aliphatic carbocycles. The normalized spacial score (nSPS) is 18.7.